The molecule has 0 aliphatic heterocycles. The summed E-state index contributed by atoms with van der Waals surface area (Å²) in [7, 11) is 0. The first-order chi connectivity index (χ1) is 16.4. The van der Waals surface area contributed by atoms with E-state index in [0.717, 1.165) is 16.3 Å². The largest absolute Gasteiger partial charge is 0.486 e. The second-order valence-electron chi connectivity index (χ2n) is 8.09. The van der Waals surface area contributed by atoms with Gasteiger partial charge < -0.3 is 15.2 Å². The fourth-order valence-electron chi connectivity index (χ4n) is 3.79. The lowest BCUT2D eigenvalue weighted by Crippen LogP contribution is -2.16. The second kappa shape index (κ2) is 10.2. The van der Waals surface area contributed by atoms with Gasteiger partial charge >= 0.3 is 5.97 Å². The summed E-state index contributed by atoms with van der Waals surface area (Å²) < 4.78 is 19.7. The van der Waals surface area contributed by atoms with E-state index in [2.05, 4.69) is 5.32 Å². The molecule has 4 rings (SSSR count). The van der Waals surface area contributed by atoms with Gasteiger partial charge in [-0.2, -0.15) is 0 Å². The number of ether oxygens (including phenoxy) is 1. The number of carbonyl (C=O) groups is 2. The standard InChI is InChI=1S/C28H24FNO4/c1-18-9-13-24(29)26(15-18)34-17-19-10-11-21(12-14-27(31)32)23(16-19)28(33)30-25-8-4-6-20-5-2-3-7-22(20)25/h2-11,13,15-16H,12,14,17H2,1H3,(H,30,33)(H,31,32). The van der Waals surface area contributed by atoms with Gasteiger partial charge in [-0.15, -0.1) is 0 Å². The van der Waals surface area contributed by atoms with E-state index in [0.29, 0.717) is 22.4 Å². The summed E-state index contributed by atoms with van der Waals surface area (Å²) in [4.78, 5) is 24.4. The summed E-state index contributed by atoms with van der Waals surface area (Å²) in [6.45, 7) is 1.91. The number of hydrogen-bond acceptors (Lipinski definition) is 3. The Hall–Kier alpha value is -4.19. The molecular formula is C28H24FNO4. The summed E-state index contributed by atoms with van der Waals surface area (Å²) >= 11 is 0. The van der Waals surface area contributed by atoms with Crippen LogP contribution in [0.25, 0.3) is 10.8 Å². The van der Waals surface area contributed by atoms with Crippen molar-refractivity contribution in [3.05, 3.63) is 107 Å². The normalized spacial score (nSPS) is 10.8. The third-order valence-electron chi connectivity index (χ3n) is 5.55. The molecule has 0 saturated carbocycles. The third kappa shape index (κ3) is 5.41. The highest BCUT2D eigenvalue weighted by molar-refractivity contribution is 6.10. The van der Waals surface area contributed by atoms with Gasteiger partial charge in [0.1, 0.15) is 6.61 Å². The first kappa shape index (κ1) is 23.0. The van der Waals surface area contributed by atoms with E-state index in [1.165, 1.54) is 6.07 Å². The number of aryl methyl sites for hydroxylation is 2. The number of aliphatic carboxylic acids is 1. The van der Waals surface area contributed by atoms with Crippen molar-refractivity contribution in [2.24, 2.45) is 0 Å². The number of anilines is 1. The third-order valence-corrected chi connectivity index (χ3v) is 5.55. The molecule has 0 bridgehead atoms. The van der Waals surface area contributed by atoms with Gasteiger partial charge in [-0.1, -0.05) is 54.6 Å². The Labute approximate surface area is 196 Å². The van der Waals surface area contributed by atoms with E-state index in [1.54, 1.807) is 30.3 Å². The lowest BCUT2D eigenvalue weighted by molar-refractivity contribution is -0.136. The van der Waals surface area contributed by atoms with Crippen LogP contribution in [0.5, 0.6) is 5.75 Å². The van der Waals surface area contributed by atoms with Crippen LogP contribution in [0, 0.1) is 12.7 Å². The van der Waals surface area contributed by atoms with Crippen molar-refractivity contribution in [2.75, 3.05) is 5.32 Å². The van der Waals surface area contributed by atoms with Crippen molar-refractivity contribution in [3.8, 4) is 5.75 Å². The monoisotopic (exact) mass is 457 g/mol. The first-order valence-corrected chi connectivity index (χ1v) is 10.9. The van der Waals surface area contributed by atoms with Gasteiger partial charge in [-0.3, -0.25) is 9.59 Å². The molecule has 0 aliphatic rings. The number of halogens is 1. The molecule has 1 amide bonds. The van der Waals surface area contributed by atoms with Crippen molar-refractivity contribution in [1.29, 1.82) is 0 Å². The Morgan fingerprint density at radius 3 is 2.59 bits per heavy atom. The highest BCUT2D eigenvalue weighted by Crippen LogP contribution is 2.25. The maximum absolute atomic E-state index is 14.0. The highest BCUT2D eigenvalue weighted by atomic mass is 19.1. The van der Waals surface area contributed by atoms with Crippen molar-refractivity contribution in [2.45, 2.75) is 26.4 Å². The molecule has 2 N–H and O–H groups in total. The molecule has 0 aliphatic carbocycles. The van der Waals surface area contributed by atoms with Crippen molar-refractivity contribution >= 4 is 28.3 Å². The number of nitrogens with one attached hydrogen (secondary N) is 1. The van der Waals surface area contributed by atoms with Gasteiger partial charge in [0.05, 0.1) is 0 Å². The summed E-state index contributed by atoms with van der Waals surface area (Å²) in [5.41, 5.74) is 3.18. The van der Waals surface area contributed by atoms with Crippen LogP contribution in [0.4, 0.5) is 10.1 Å². The van der Waals surface area contributed by atoms with Gasteiger partial charge in [0.2, 0.25) is 0 Å². The molecule has 6 heteroatoms. The zero-order valence-corrected chi connectivity index (χ0v) is 18.7. The molecule has 4 aromatic carbocycles. The quantitative estimate of drug-likeness (QED) is 0.333. The molecule has 0 saturated heterocycles. The van der Waals surface area contributed by atoms with Gasteiger partial charge in [-0.25, -0.2) is 4.39 Å². The molecule has 5 nitrogen and oxygen atoms in total. The van der Waals surface area contributed by atoms with E-state index in [-0.39, 0.29) is 31.1 Å². The molecule has 0 heterocycles. The number of carboxylic acids is 1. The van der Waals surface area contributed by atoms with Gasteiger partial charge in [-0.05, 0) is 59.7 Å². The zero-order chi connectivity index (χ0) is 24.1. The summed E-state index contributed by atoms with van der Waals surface area (Å²) in [6, 6.07) is 23.2. The Balaban J connectivity index is 1.61. The van der Waals surface area contributed by atoms with E-state index < -0.39 is 11.8 Å². The lowest BCUT2D eigenvalue weighted by atomic mass is 9.99. The highest BCUT2D eigenvalue weighted by Gasteiger charge is 2.16. The topological polar surface area (TPSA) is 75.6 Å². The molecule has 0 unspecified atom stereocenters. The molecule has 172 valence electrons. The first-order valence-electron chi connectivity index (χ1n) is 10.9. The van der Waals surface area contributed by atoms with Crippen LogP contribution in [0.1, 0.15) is 33.5 Å². The van der Waals surface area contributed by atoms with Crippen molar-refractivity contribution in [3.63, 3.8) is 0 Å². The average molecular weight is 458 g/mol. The molecule has 0 radical (unpaired) electrons. The fraction of sp³-hybridized carbons (Fsp3) is 0.143. The Morgan fingerprint density at radius 2 is 1.76 bits per heavy atom. The maximum Gasteiger partial charge on any atom is 0.303 e. The number of hydrogen-bond donors (Lipinski definition) is 2. The van der Waals surface area contributed by atoms with Crippen molar-refractivity contribution < 1.29 is 23.8 Å². The summed E-state index contributed by atoms with van der Waals surface area (Å²) in [6.07, 6.45) is 0.111. The smallest absolute Gasteiger partial charge is 0.303 e. The Bertz CT molecular complexity index is 1360. The van der Waals surface area contributed by atoms with Gasteiger partial charge in [0, 0.05) is 23.1 Å². The molecule has 0 spiro atoms. The average Bonchev–Trinajstić information content (AvgIpc) is 2.83. The molecule has 0 aromatic heterocycles. The van der Waals surface area contributed by atoms with Crippen LogP contribution in [0.2, 0.25) is 0 Å². The zero-order valence-electron chi connectivity index (χ0n) is 18.7. The van der Waals surface area contributed by atoms with E-state index >= 15 is 0 Å². The number of fused-ring (bicyclic) bond motifs is 1. The number of rotatable bonds is 8. The molecular weight excluding hydrogens is 433 g/mol. The van der Waals surface area contributed by atoms with Crippen molar-refractivity contribution in [1.82, 2.24) is 0 Å². The number of carboxylic acid groups (broad SMARTS) is 1. The van der Waals surface area contributed by atoms with E-state index in [1.807, 2.05) is 49.4 Å². The fourth-order valence-corrected chi connectivity index (χ4v) is 3.79. The minimum absolute atomic E-state index is 0.0636. The molecule has 34 heavy (non-hydrogen) atoms. The summed E-state index contributed by atoms with van der Waals surface area (Å²) in [5.74, 6) is -1.61. The van der Waals surface area contributed by atoms with Crippen LogP contribution in [0.15, 0.2) is 78.9 Å². The second-order valence-corrected chi connectivity index (χ2v) is 8.09. The van der Waals surface area contributed by atoms with Crippen LogP contribution < -0.4 is 10.1 Å². The Morgan fingerprint density at radius 1 is 0.971 bits per heavy atom. The van der Waals surface area contributed by atoms with Crippen LogP contribution in [-0.2, 0) is 17.8 Å². The number of amides is 1. The predicted octanol–water partition coefficient (Wildman–Crippen LogP) is 6.14. The SMILES string of the molecule is Cc1ccc(F)c(OCc2ccc(CCC(=O)O)c(C(=O)Nc3cccc4ccccc34)c2)c1. The van der Waals surface area contributed by atoms with E-state index in [9.17, 15) is 14.0 Å². The van der Waals surface area contributed by atoms with Crippen LogP contribution in [0.3, 0.4) is 0 Å². The van der Waals surface area contributed by atoms with Gasteiger partial charge in [0.25, 0.3) is 5.91 Å². The lowest BCUT2D eigenvalue weighted by Gasteiger charge is -2.14. The van der Waals surface area contributed by atoms with Gasteiger partial charge in [0.15, 0.2) is 11.6 Å². The summed E-state index contributed by atoms with van der Waals surface area (Å²) in [5, 5.41) is 14.0. The van der Waals surface area contributed by atoms with Crippen LogP contribution >= 0.6 is 0 Å². The molecule has 0 atom stereocenters. The minimum atomic E-state index is -0.942. The van der Waals surface area contributed by atoms with E-state index in [4.69, 9.17) is 9.84 Å². The number of benzene rings is 4. The predicted molar refractivity (Wildman–Crippen MR) is 130 cm³/mol. The molecule has 0 fully saturated rings. The molecule has 4 aromatic rings. The maximum atomic E-state index is 14.0. The Kier molecular flexibility index (Phi) is 6.87. The number of carbonyl (C=O) groups excluding carboxylic acids is 1. The van der Waals surface area contributed by atoms with Crippen LogP contribution in [-0.4, -0.2) is 17.0 Å². The minimum Gasteiger partial charge on any atom is -0.486 e.